The number of Topliss-reactive ketones (excluding diaryl/α,β-unsaturated/α-hetero) is 1. The number of aromatic nitrogens is 1. The maximum atomic E-state index is 13.0. The highest BCUT2D eigenvalue weighted by atomic mass is 16.5. The number of benzene rings is 3. The van der Waals surface area contributed by atoms with Crippen LogP contribution in [0.5, 0.6) is 17.2 Å². The molecule has 1 aliphatic rings. The van der Waals surface area contributed by atoms with Crippen molar-refractivity contribution in [3.05, 3.63) is 94.9 Å². The number of ketones is 1. The van der Waals surface area contributed by atoms with Crippen molar-refractivity contribution in [2.75, 3.05) is 7.11 Å². The summed E-state index contributed by atoms with van der Waals surface area (Å²) in [6.45, 7) is 2.30. The normalized spacial score (nSPS) is 14.0. The van der Waals surface area contributed by atoms with E-state index in [0.717, 1.165) is 33.3 Å². The van der Waals surface area contributed by atoms with Crippen molar-refractivity contribution in [2.45, 2.75) is 13.5 Å². The van der Waals surface area contributed by atoms with Gasteiger partial charge in [-0.15, -0.1) is 0 Å². The van der Waals surface area contributed by atoms with E-state index in [0.29, 0.717) is 29.4 Å². The highest BCUT2D eigenvalue weighted by molar-refractivity contribution is 6.15. The maximum absolute atomic E-state index is 13.0. The van der Waals surface area contributed by atoms with Crippen LogP contribution in [0, 0.1) is 6.92 Å². The summed E-state index contributed by atoms with van der Waals surface area (Å²) in [6, 6.07) is 19.4. The zero-order valence-corrected chi connectivity index (χ0v) is 18.2. The third-order valence-electron chi connectivity index (χ3n) is 5.78. The zero-order valence-electron chi connectivity index (χ0n) is 18.2. The predicted molar refractivity (Wildman–Crippen MR) is 124 cm³/mol. The van der Waals surface area contributed by atoms with Crippen molar-refractivity contribution in [2.24, 2.45) is 7.05 Å². The second kappa shape index (κ2) is 7.93. The van der Waals surface area contributed by atoms with E-state index in [2.05, 4.69) is 6.07 Å². The van der Waals surface area contributed by atoms with Gasteiger partial charge in [0.2, 0.25) is 5.78 Å². The SMILES string of the molecule is COc1cccc(COc2ccc3c(c2C)O/C(=C/c2cn(C)c4ccccc24)C3=O)c1. The van der Waals surface area contributed by atoms with Crippen LogP contribution in [0.25, 0.3) is 17.0 Å². The quantitative estimate of drug-likeness (QED) is 0.386. The number of nitrogens with zero attached hydrogens (tertiary/aromatic N) is 1. The Hall–Kier alpha value is -3.99. The molecule has 5 heteroatoms. The lowest BCUT2D eigenvalue weighted by Crippen LogP contribution is -1.99. The fraction of sp³-hybridized carbons (Fsp3) is 0.148. The van der Waals surface area contributed by atoms with Crippen LogP contribution in [-0.4, -0.2) is 17.5 Å². The number of rotatable bonds is 5. The summed E-state index contributed by atoms with van der Waals surface area (Å²) in [6.07, 6.45) is 3.83. The van der Waals surface area contributed by atoms with E-state index in [-0.39, 0.29) is 5.78 Å². The molecule has 0 aliphatic carbocycles. The first kappa shape index (κ1) is 19.9. The number of ether oxygens (including phenoxy) is 3. The fourth-order valence-electron chi connectivity index (χ4n) is 4.08. The number of hydrogen-bond acceptors (Lipinski definition) is 4. The number of methoxy groups -OCH3 is 1. The maximum Gasteiger partial charge on any atom is 0.231 e. The smallest absolute Gasteiger partial charge is 0.231 e. The van der Waals surface area contributed by atoms with Gasteiger partial charge < -0.3 is 18.8 Å². The molecule has 0 saturated heterocycles. The Balaban J connectivity index is 1.42. The molecule has 0 radical (unpaired) electrons. The summed E-state index contributed by atoms with van der Waals surface area (Å²) in [4.78, 5) is 13.0. The van der Waals surface area contributed by atoms with Crippen molar-refractivity contribution >= 4 is 22.8 Å². The molecule has 0 spiro atoms. The molecule has 160 valence electrons. The van der Waals surface area contributed by atoms with Crippen molar-refractivity contribution in [3.8, 4) is 17.2 Å². The number of carbonyl (C=O) groups is 1. The Morgan fingerprint density at radius 3 is 2.75 bits per heavy atom. The molecular weight excluding hydrogens is 402 g/mol. The Morgan fingerprint density at radius 1 is 1.06 bits per heavy atom. The second-order valence-electron chi connectivity index (χ2n) is 7.86. The van der Waals surface area contributed by atoms with Gasteiger partial charge in [-0.2, -0.15) is 0 Å². The van der Waals surface area contributed by atoms with Crippen LogP contribution in [0.1, 0.15) is 27.0 Å². The van der Waals surface area contributed by atoms with Crippen LogP contribution in [0.15, 0.2) is 72.6 Å². The molecule has 0 saturated carbocycles. The van der Waals surface area contributed by atoms with Crippen LogP contribution in [0.3, 0.4) is 0 Å². The van der Waals surface area contributed by atoms with Crippen molar-refractivity contribution in [1.82, 2.24) is 4.57 Å². The molecule has 32 heavy (non-hydrogen) atoms. The first-order valence-electron chi connectivity index (χ1n) is 10.4. The van der Waals surface area contributed by atoms with Gasteiger partial charge >= 0.3 is 0 Å². The average molecular weight is 425 g/mol. The monoisotopic (exact) mass is 425 g/mol. The van der Waals surface area contributed by atoms with Gasteiger partial charge in [0.05, 0.1) is 12.7 Å². The van der Waals surface area contributed by atoms with Gasteiger partial charge in [-0.25, -0.2) is 0 Å². The summed E-state index contributed by atoms with van der Waals surface area (Å²) >= 11 is 0. The summed E-state index contributed by atoms with van der Waals surface area (Å²) < 4.78 is 19.4. The van der Waals surface area contributed by atoms with Gasteiger partial charge in [0.15, 0.2) is 5.76 Å². The fourth-order valence-corrected chi connectivity index (χ4v) is 4.08. The molecule has 0 amide bonds. The first-order valence-corrected chi connectivity index (χ1v) is 10.4. The molecule has 1 aromatic heterocycles. The minimum absolute atomic E-state index is 0.115. The Morgan fingerprint density at radius 2 is 1.91 bits per heavy atom. The third kappa shape index (κ3) is 3.42. The Kier molecular flexibility index (Phi) is 4.94. The molecule has 0 atom stereocenters. The van der Waals surface area contributed by atoms with Crippen molar-refractivity contribution in [1.29, 1.82) is 0 Å². The van der Waals surface area contributed by atoms with Crippen LogP contribution in [-0.2, 0) is 13.7 Å². The zero-order chi connectivity index (χ0) is 22.2. The lowest BCUT2D eigenvalue weighted by molar-refractivity contribution is 0.101. The highest BCUT2D eigenvalue weighted by Crippen LogP contribution is 2.40. The highest BCUT2D eigenvalue weighted by Gasteiger charge is 2.30. The van der Waals surface area contributed by atoms with E-state index in [9.17, 15) is 4.79 Å². The summed E-state index contributed by atoms with van der Waals surface area (Å²) in [5.41, 5.74) is 4.42. The van der Waals surface area contributed by atoms with Crippen molar-refractivity contribution in [3.63, 3.8) is 0 Å². The molecule has 5 rings (SSSR count). The first-order chi connectivity index (χ1) is 15.5. The van der Waals surface area contributed by atoms with Crippen molar-refractivity contribution < 1.29 is 19.0 Å². The predicted octanol–water partition coefficient (Wildman–Crippen LogP) is 5.69. The van der Waals surface area contributed by atoms with E-state index in [1.807, 2.05) is 79.3 Å². The molecule has 0 unspecified atom stereocenters. The average Bonchev–Trinajstić information content (AvgIpc) is 3.31. The molecule has 1 aliphatic heterocycles. The van der Waals surface area contributed by atoms with Gasteiger partial charge in [-0.05, 0) is 48.9 Å². The molecule has 0 bridgehead atoms. The number of para-hydroxylation sites is 1. The third-order valence-corrected chi connectivity index (χ3v) is 5.78. The van der Waals surface area contributed by atoms with Gasteiger partial charge in [-0.1, -0.05) is 30.3 Å². The largest absolute Gasteiger partial charge is 0.497 e. The minimum Gasteiger partial charge on any atom is -0.497 e. The number of allylic oxidation sites excluding steroid dienone is 1. The molecule has 0 N–H and O–H groups in total. The number of carbonyl (C=O) groups excluding carboxylic acids is 1. The Labute approximate surface area is 186 Å². The summed E-state index contributed by atoms with van der Waals surface area (Å²) in [7, 11) is 3.63. The van der Waals surface area contributed by atoms with E-state index >= 15 is 0 Å². The lowest BCUT2D eigenvalue weighted by atomic mass is 10.1. The van der Waals surface area contributed by atoms with E-state index in [4.69, 9.17) is 14.2 Å². The molecule has 2 heterocycles. The van der Waals surface area contributed by atoms with Gasteiger partial charge in [0.25, 0.3) is 0 Å². The lowest BCUT2D eigenvalue weighted by Gasteiger charge is -2.12. The van der Waals surface area contributed by atoms with Crippen LogP contribution < -0.4 is 14.2 Å². The molecule has 3 aromatic carbocycles. The number of aryl methyl sites for hydroxylation is 1. The topological polar surface area (TPSA) is 49.7 Å². The van der Waals surface area contributed by atoms with Crippen LogP contribution in [0.2, 0.25) is 0 Å². The number of hydrogen-bond donors (Lipinski definition) is 0. The van der Waals surface area contributed by atoms with Gasteiger partial charge in [0, 0.05) is 35.3 Å². The molecule has 5 nitrogen and oxygen atoms in total. The second-order valence-corrected chi connectivity index (χ2v) is 7.86. The van der Waals surface area contributed by atoms with E-state index in [1.54, 1.807) is 13.2 Å². The molecular formula is C27H23NO4. The van der Waals surface area contributed by atoms with Crippen LogP contribution >= 0.6 is 0 Å². The Bertz CT molecular complexity index is 1380. The van der Waals surface area contributed by atoms with E-state index in [1.165, 1.54) is 0 Å². The van der Waals surface area contributed by atoms with Crippen LogP contribution in [0.4, 0.5) is 0 Å². The standard InChI is InChI=1S/C27H23NO4/c1-17-24(31-16-18-7-6-8-20(13-18)30-3)12-11-22-26(29)25(32-27(17)22)14-19-15-28(2)23-10-5-4-9-21(19)23/h4-15H,16H2,1-3H3/b25-14+. The molecule has 4 aromatic rings. The summed E-state index contributed by atoms with van der Waals surface area (Å²) in [5.74, 6) is 2.24. The summed E-state index contributed by atoms with van der Waals surface area (Å²) in [5, 5.41) is 1.08. The minimum atomic E-state index is -0.115. The van der Waals surface area contributed by atoms with E-state index < -0.39 is 0 Å². The van der Waals surface area contributed by atoms with Gasteiger partial charge in [0.1, 0.15) is 23.9 Å². The van der Waals surface area contributed by atoms with Gasteiger partial charge in [-0.3, -0.25) is 4.79 Å². The number of fused-ring (bicyclic) bond motifs is 2. The molecule has 0 fully saturated rings.